The van der Waals surface area contributed by atoms with Crippen LogP contribution in [-0.4, -0.2) is 46.6 Å². The molecule has 0 aromatic rings. The normalized spacial score (nSPS) is 37.2. The van der Waals surface area contributed by atoms with E-state index in [9.17, 15) is 19.8 Å². The Bertz CT molecular complexity index is 739. The number of aliphatic hydroxyl groups excluding tert-OH is 2. The van der Waals surface area contributed by atoms with Crippen LogP contribution in [0.4, 0.5) is 0 Å². The van der Waals surface area contributed by atoms with Gasteiger partial charge < -0.3 is 19.7 Å². The zero-order valence-electron chi connectivity index (χ0n) is 20.6. The SMILES string of the molecule is CCC(C)(C)C(=O)O[C@H]1CC(C)(C)CC2=C[C@H](O)[C@H](C)[C@H](CC[C@@H]3C[C@@H](O)CC(=O)O3)[C@H]21. The van der Waals surface area contributed by atoms with E-state index in [1.54, 1.807) is 0 Å². The molecule has 2 aliphatic carbocycles. The average molecular weight is 451 g/mol. The van der Waals surface area contributed by atoms with Crippen molar-refractivity contribution in [2.24, 2.45) is 28.6 Å². The topological polar surface area (TPSA) is 93.1 Å². The van der Waals surface area contributed by atoms with Crippen LogP contribution in [0, 0.1) is 28.6 Å². The predicted molar refractivity (Wildman–Crippen MR) is 122 cm³/mol. The number of rotatable bonds is 6. The summed E-state index contributed by atoms with van der Waals surface area (Å²) in [5, 5.41) is 20.8. The van der Waals surface area contributed by atoms with Crippen molar-refractivity contribution in [2.45, 2.75) is 111 Å². The van der Waals surface area contributed by atoms with Crippen molar-refractivity contribution >= 4 is 11.9 Å². The first kappa shape index (κ1) is 25.2. The van der Waals surface area contributed by atoms with Gasteiger partial charge in [-0.3, -0.25) is 9.59 Å². The highest BCUT2D eigenvalue weighted by Crippen LogP contribution is 2.52. The van der Waals surface area contributed by atoms with Crippen LogP contribution in [0.5, 0.6) is 0 Å². The Hall–Kier alpha value is -1.40. The molecule has 3 aliphatic rings. The highest BCUT2D eigenvalue weighted by molar-refractivity contribution is 5.76. The van der Waals surface area contributed by atoms with E-state index in [1.165, 1.54) is 5.57 Å². The minimum Gasteiger partial charge on any atom is -0.462 e. The second-order valence-electron chi connectivity index (χ2n) is 11.8. The van der Waals surface area contributed by atoms with Crippen LogP contribution >= 0.6 is 0 Å². The number of cyclic esters (lactones) is 1. The molecular formula is C26H42O6. The van der Waals surface area contributed by atoms with Gasteiger partial charge in [0.15, 0.2) is 0 Å². The second kappa shape index (κ2) is 9.46. The number of fused-ring (bicyclic) bond motifs is 1. The highest BCUT2D eigenvalue weighted by atomic mass is 16.6. The third-order valence-electron chi connectivity index (χ3n) is 8.08. The van der Waals surface area contributed by atoms with E-state index in [0.29, 0.717) is 19.3 Å². The molecule has 6 heteroatoms. The molecule has 0 bridgehead atoms. The maximum atomic E-state index is 13.0. The molecule has 1 aliphatic heterocycles. The summed E-state index contributed by atoms with van der Waals surface area (Å²) < 4.78 is 11.7. The Morgan fingerprint density at radius 2 is 1.97 bits per heavy atom. The Morgan fingerprint density at radius 1 is 1.28 bits per heavy atom. The summed E-state index contributed by atoms with van der Waals surface area (Å²) >= 11 is 0. The van der Waals surface area contributed by atoms with Crippen LogP contribution in [0.2, 0.25) is 0 Å². The van der Waals surface area contributed by atoms with Gasteiger partial charge in [0.2, 0.25) is 0 Å². The zero-order chi connectivity index (χ0) is 23.8. The smallest absolute Gasteiger partial charge is 0.311 e. The summed E-state index contributed by atoms with van der Waals surface area (Å²) in [6, 6.07) is 0. The van der Waals surface area contributed by atoms with Crippen molar-refractivity contribution in [3.63, 3.8) is 0 Å². The lowest BCUT2D eigenvalue weighted by atomic mass is 9.58. The maximum absolute atomic E-state index is 13.0. The van der Waals surface area contributed by atoms with E-state index in [2.05, 4.69) is 20.8 Å². The second-order valence-corrected chi connectivity index (χ2v) is 11.8. The Kier molecular flexibility index (Phi) is 7.45. The van der Waals surface area contributed by atoms with Crippen LogP contribution in [0.3, 0.4) is 0 Å². The standard InChI is InChI=1S/C26H42O6/c1-7-26(5,6)24(30)32-21-14-25(3,4)13-16-10-20(28)15(2)19(23(16)21)9-8-18-11-17(27)12-22(29)31-18/h10,15,17-21,23,27-28H,7-9,11-14H2,1-6H3/t15-,17-,18-,19+,20+,21+,23+/m1/s1. The molecule has 0 amide bonds. The molecule has 1 heterocycles. The van der Waals surface area contributed by atoms with Gasteiger partial charge in [0.25, 0.3) is 0 Å². The number of hydrogen-bond donors (Lipinski definition) is 2. The molecule has 1 saturated heterocycles. The van der Waals surface area contributed by atoms with Gasteiger partial charge in [0.1, 0.15) is 12.2 Å². The largest absolute Gasteiger partial charge is 0.462 e. The summed E-state index contributed by atoms with van der Waals surface area (Å²) in [5.74, 6) is -0.332. The molecule has 0 aromatic carbocycles. The number of aliphatic hydroxyl groups is 2. The number of carbonyl (C=O) groups is 2. The van der Waals surface area contributed by atoms with Crippen molar-refractivity contribution in [1.82, 2.24) is 0 Å². The van der Waals surface area contributed by atoms with Crippen molar-refractivity contribution in [3.05, 3.63) is 11.6 Å². The number of esters is 2. The van der Waals surface area contributed by atoms with Crippen LogP contribution in [0.1, 0.15) is 86.5 Å². The molecule has 0 spiro atoms. The van der Waals surface area contributed by atoms with E-state index in [1.807, 2.05) is 26.8 Å². The average Bonchev–Trinajstić information content (AvgIpc) is 2.67. The van der Waals surface area contributed by atoms with Crippen LogP contribution in [0.25, 0.3) is 0 Å². The Labute approximate surface area is 192 Å². The van der Waals surface area contributed by atoms with Gasteiger partial charge >= 0.3 is 11.9 Å². The third kappa shape index (κ3) is 5.56. The molecule has 2 fully saturated rings. The first-order chi connectivity index (χ1) is 14.8. The Balaban J connectivity index is 1.83. The van der Waals surface area contributed by atoms with Crippen molar-refractivity contribution < 1.29 is 29.3 Å². The summed E-state index contributed by atoms with van der Waals surface area (Å²) in [6.07, 6.45) is 4.55. The fourth-order valence-corrected chi connectivity index (χ4v) is 5.74. The summed E-state index contributed by atoms with van der Waals surface area (Å²) in [5.41, 5.74) is 0.634. The lowest BCUT2D eigenvalue weighted by Gasteiger charge is -2.50. The van der Waals surface area contributed by atoms with Gasteiger partial charge in [-0.25, -0.2) is 0 Å². The van der Waals surface area contributed by atoms with Crippen molar-refractivity contribution in [1.29, 1.82) is 0 Å². The minimum atomic E-state index is -0.647. The first-order valence-corrected chi connectivity index (χ1v) is 12.3. The van der Waals surface area contributed by atoms with E-state index in [-0.39, 0.29) is 53.7 Å². The molecule has 3 rings (SSSR count). The van der Waals surface area contributed by atoms with E-state index in [0.717, 1.165) is 19.3 Å². The lowest BCUT2D eigenvalue weighted by Crippen LogP contribution is -2.49. The molecule has 7 atom stereocenters. The molecular weight excluding hydrogens is 408 g/mol. The summed E-state index contributed by atoms with van der Waals surface area (Å²) in [7, 11) is 0. The van der Waals surface area contributed by atoms with Crippen LogP contribution in [0.15, 0.2) is 11.6 Å². The van der Waals surface area contributed by atoms with E-state index in [4.69, 9.17) is 9.47 Å². The zero-order valence-corrected chi connectivity index (χ0v) is 20.6. The van der Waals surface area contributed by atoms with Gasteiger partial charge in [0, 0.05) is 12.3 Å². The molecule has 6 nitrogen and oxygen atoms in total. The summed E-state index contributed by atoms with van der Waals surface area (Å²) in [4.78, 5) is 24.8. The van der Waals surface area contributed by atoms with Gasteiger partial charge in [-0.1, -0.05) is 39.3 Å². The van der Waals surface area contributed by atoms with Gasteiger partial charge in [-0.15, -0.1) is 0 Å². The first-order valence-electron chi connectivity index (χ1n) is 12.3. The molecule has 0 aromatic heterocycles. The van der Waals surface area contributed by atoms with Gasteiger partial charge in [-0.05, 0) is 63.2 Å². The van der Waals surface area contributed by atoms with E-state index >= 15 is 0 Å². The van der Waals surface area contributed by atoms with E-state index < -0.39 is 17.6 Å². The van der Waals surface area contributed by atoms with Gasteiger partial charge in [-0.2, -0.15) is 0 Å². The quantitative estimate of drug-likeness (QED) is 0.466. The Morgan fingerprint density at radius 3 is 2.59 bits per heavy atom. The number of hydrogen-bond acceptors (Lipinski definition) is 6. The fraction of sp³-hybridized carbons (Fsp3) is 0.846. The van der Waals surface area contributed by atoms with Crippen molar-refractivity contribution in [2.75, 3.05) is 0 Å². The molecule has 32 heavy (non-hydrogen) atoms. The number of ether oxygens (including phenoxy) is 2. The molecule has 2 N–H and O–H groups in total. The molecule has 0 radical (unpaired) electrons. The lowest BCUT2D eigenvalue weighted by molar-refractivity contribution is -0.169. The molecule has 0 unspecified atom stereocenters. The highest BCUT2D eigenvalue weighted by Gasteiger charge is 2.49. The number of carbonyl (C=O) groups excluding carboxylic acids is 2. The maximum Gasteiger partial charge on any atom is 0.311 e. The molecule has 1 saturated carbocycles. The van der Waals surface area contributed by atoms with Crippen LogP contribution < -0.4 is 0 Å². The van der Waals surface area contributed by atoms with Crippen LogP contribution in [-0.2, 0) is 19.1 Å². The molecule has 182 valence electrons. The van der Waals surface area contributed by atoms with Crippen molar-refractivity contribution in [3.8, 4) is 0 Å². The third-order valence-corrected chi connectivity index (χ3v) is 8.08. The van der Waals surface area contributed by atoms with Gasteiger partial charge in [0.05, 0.1) is 24.0 Å². The monoisotopic (exact) mass is 450 g/mol. The predicted octanol–water partition coefficient (Wildman–Crippen LogP) is 4.17. The minimum absolute atomic E-state index is 0.00886. The summed E-state index contributed by atoms with van der Waals surface area (Å²) in [6.45, 7) is 12.3. The fourth-order valence-electron chi connectivity index (χ4n) is 5.74.